The summed E-state index contributed by atoms with van der Waals surface area (Å²) in [5.41, 5.74) is 6.53. The van der Waals surface area contributed by atoms with E-state index in [1.54, 1.807) is 0 Å². The largest absolute Gasteiger partial charge is 0.368 e. The second-order valence-electron chi connectivity index (χ2n) is 4.70. The molecule has 0 bridgehead atoms. The summed E-state index contributed by atoms with van der Waals surface area (Å²) in [7, 11) is 2.09. The Labute approximate surface area is 116 Å². The molecule has 1 atom stereocenters. The third-order valence-electron chi connectivity index (χ3n) is 3.34. The minimum atomic E-state index is -0.323. The molecule has 1 unspecified atom stereocenters. The van der Waals surface area contributed by atoms with Gasteiger partial charge in [0.2, 0.25) is 5.91 Å². The maximum Gasteiger partial charge on any atom is 0.239 e. The van der Waals surface area contributed by atoms with Crippen molar-refractivity contribution in [3.05, 3.63) is 34.3 Å². The highest BCUT2D eigenvalue weighted by Crippen LogP contribution is 2.24. The van der Waals surface area contributed by atoms with E-state index in [9.17, 15) is 4.79 Å². The molecule has 1 aromatic rings. The van der Waals surface area contributed by atoms with Crippen molar-refractivity contribution in [2.45, 2.75) is 6.04 Å². The van der Waals surface area contributed by atoms with Crippen LogP contribution in [0.5, 0.6) is 0 Å². The van der Waals surface area contributed by atoms with Crippen LogP contribution < -0.4 is 5.73 Å². The van der Waals surface area contributed by atoms with Gasteiger partial charge in [-0.15, -0.1) is 0 Å². The monoisotopic (exact) mass is 311 g/mol. The number of rotatable bonds is 3. The molecule has 18 heavy (non-hydrogen) atoms. The Morgan fingerprint density at radius 1 is 1.33 bits per heavy atom. The normalized spacial score (nSPS) is 19.7. The van der Waals surface area contributed by atoms with Crippen molar-refractivity contribution in [1.29, 1.82) is 0 Å². The second kappa shape index (κ2) is 5.82. The molecule has 1 fully saturated rings. The lowest BCUT2D eigenvalue weighted by molar-refractivity contribution is -0.124. The van der Waals surface area contributed by atoms with Gasteiger partial charge in [-0.1, -0.05) is 28.1 Å². The molecule has 98 valence electrons. The van der Waals surface area contributed by atoms with Gasteiger partial charge in [-0.3, -0.25) is 9.69 Å². The first-order valence-corrected chi connectivity index (χ1v) is 6.84. The van der Waals surface area contributed by atoms with Crippen LogP contribution in [0.4, 0.5) is 0 Å². The molecule has 1 heterocycles. The summed E-state index contributed by atoms with van der Waals surface area (Å²) in [5, 5.41) is 0. The number of hydrogen-bond acceptors (Lipinski definition) is 3. The molecule has 0 spiro atoms. The van der Waals surface area contributed by atoms with E-state index in [0.717, 1.165) is 36.2 Å². The van der Waals surface area contributed by atoms with Crippen LogP contribution in [0.2, 0.25) is 0 Å². The minimum Gasteiger partial charge on any atom is -0.368 e. The molecule has 4 nitrogen and oxygen atoms in total. The van der Waals surface area contributed by atoms with Crippen molar-refractivity contribution in [3.8, 4) is 0 Å². The zero-order chi connectivity index (χ0) is 13.1. The number of nitrogens with zero attached hydrogens (tertiary/aromatic N) is 2. The van der Waals surface area contributed by atoms with E-state index in [4.69, 9.17) is 5.73 Å². The molecular formula is C13H18BrN3O. The van der Waals surface area contributed by atoms with E-state index in [-0.39, 0.29) is 11.9 Å². The highest BCUT2D eigenvalue weighted by molar-refractivity contribution is 9.10. The van der Waals surface area contributed by atoms with Crippen molar-refractivity contribution >= 4 is 21.8 Å². The predicted molar refractivity (Wildman–Crippen MR) is 75.1 cm³/mol. The molecule has 0 radical (unpaired) electrons. The van der Waals surface area contributed by atoms with Crippen molar-refractivity contribution in [2.75, 3.05) is 33.2 Å². The van der Waals surface area contributed by atoms with E-state index in [1.807, 2.05) is 24.3 Å². The quantitative estimate of drug-likeness (QED) is 0.913. The highest BCUT2D eigenvalue weighted by Gasteiger charge is 2.28. The molecule has 2 rings (SSSR count). The summed E-state index contributed by atoms with van der Waals surface area (Å²) in [6, 6.07) is 7.49. The number of piperazine rings is 1. The van der Waals surface area contributed by atoms with Gasteiger partial charge in [0.15, 0.2) is 0 Å². The van der Waals surface area contributed by atoms with Gasteiger partial charge in [0.25, 0.3) is 0 Å². The van der Waals surface area contributed by atoms with Crippen LogP contribution in [0.1, 0.15) is 11.6 Å². The van der Waals surface area contributed by atoms with Crippen molar-refractivity contribution in [3.63, 3.8) is 0 Å². The van der Waals surface area contributed by atoms with E-state index in [1.165, 1.54) is 0 Å². The summed E-state index contributed by atoms with van der Waals surface area (Å²) in [6.07, 6.45) is 0. The first kappa shape index (κ1) is 13.5. The van der Waals surface area contributed by atoms with Crippen LogP contribution in [0, 0.1) is 0 Å². The SMILES string of the molecule is CN1CCN(C(C(N)=O)c2cccc(Br)c2)CC1. The van der Waals surface area contributed by atoms with E-state index >= 15 is 0 Å². The molecule has 0 saturated carbocycles. The standard InChI is InChI=1S/C13H18BrN3O/c1-16-5-7-17(8-6-16)12(13(15)18)10-3-2-4-11(14)9-10/h2-4,9,12H,5-8H2,1H3,(H2,15,18). The van der Waals surface area contributed by atoms with Crippen molar-refractivity contribution in [2.24, 2.45) is 5.73 Å². The van der Waals surface area contributed by atoms with Crippen LogP contribution in [0.3, 0.4) is 0 Å². The number of likely N-dealkylation sites (N-methyl/N-ethyl adjacent to an activating group) is 1. The first-order valence-electron chi connectivity index (χ1n) is 6.05. The number of benzene rings is 1. The average molecular weight is 312 g/mol. The zero-order valence-electron chi connectivity index (χ0n) is 10.5. The number of carbonyl (C=O) groups excluding carboxylic acids is 1. The third kappa shape index (κ3) is 3.10. The second-order valence-corrected chi connectivity index (χ2v) is 5.61. The van der Waals surface area contributed by atoms with Crippen LogP contribution in [0.25, 0.3) is 0 Å². The first-order chi connectivity index (χ1) is 8.58. The summed E-state index contributed by atoms with van der Waals surface area (Å²) < 4.78 is 0.973. The molecule has 1 aliphatic heterocycles. The van der Waals surface area contributed by atoms with Gasteiger partial charge in [0.05, 0.1) is 0 Å². The molecule has 1 aliphatic rings. The lowest BCUT2D eigenvalue weighted by Gasteiger charge is -2.36. The van der Waals surface area contributed by atoms with Crippen molar-refractivity contribution < 1.29 is 4.79 Å². The topological polar surface area (TPSA) is 49.6 Å². The fourth-order valence-corrected chi connectivity index (χ4v) is 2.73. The van der Waals surface area contributed by atoms with Crippen LogP contribution in [0.15, 0.2) is 28.7 Å². The minimum absolute atomic E-state index is 0.280. The Kier molecular flexibility index (Phi) is 4.37. The summed E-state index contributed by atoms with van der Waals surface area (Å²) in [6.45, 7) is 3.68. The van der Waals surface area contributed by atoms with Gasteiger partial charge in [-0.05, 0) is 24.7 Å². The Hall–Kier alpha value is -0.910. The lowest BCUT2D eigenvalue weighted by Crippen LogP contribution is -2.49. The van der Waals surface area contributed by atoms with Crippen LogP contribution in [-0.2, 0) is 4.79 Å². The van der Waals surface area contributed by atoms with Gasteiger partial charge < -0.3 is 10.6 Å². The van der Waals surface area contributed by atoms with Gasteiger partial charge in [-0.25, -0.2) is 0 Å². The molecular weight excluding hydrogens is 294 g/mol. The number of primary amides is 1. The summed E-state index contributed by atoms with van der Waals surface area (Å²) in [4.78, 5) is 16.2. The number of hydrogen-bond donors (Lipinski definition) is 1. The van der Waals surface area contributed by atoms with E-state index < -0.39 is 0 Å². The maximum absolute atomic E-state index is 11.7. The van der Waals surface area contributed by atoms with E-state index in [0.29, 0.717) is 0 Å². The Morgan fingerprint density at radius 2 is 2.00 bits per heavy atom. The third-order valence-corrected chi connectivity index (χ3v) is 3.83. The summed E-state index contributed by atoms with van der Waals surface area (Å²) >= 11 is 3.43. The van der Waals surface area contributed by atoms with Gasteiger partial charge in [0, 0.05) is 30.7 Å². The molecule has 1 amide bonds. The Bertz CT molecular complexity index is 430. The van der Waals surface area contributed by atoms with E-state index in [2.05, 4.69) is 32.8 Å². The molecule has 5 heteroatoms. The fourth-order valence-electron chi connectivity index (χ4n) is 2.31. The molecule has 1 saturated heterocycles. The highest BCUT2D eigenvalue weighted by atomic mass is 79.9. The average Bonchev–Trinajstić information content (AvgIpc) is 2.32. The smallest absolute Gasteiger partial charge is 0.239 e. The fraction of sp³-hybridized carbons (Fsp3) is 0.462. The number of nitrogens with two attached hydrogens (primary N) is 1. The zero-order valence-corrected chi connectivity index (χ0v) is 12.1. The van der Waals surface area contributed by atoms with Gasteiger partial charge in [0.1, 0.15) is 6.04 Å². The lowest BCUT2D eigenvalue weighted by atomic mass is 10.0. The molecule has 0 aromatic heterocycles. The summed E-state index contributed by atoms with van der Waals surface area (Å²) in [5.74, 6) is -0.280. The van der Waals surface area contributed by atoms with Gasteiger partial charge >= 0.3 is 0 Å². The predicted octanol–water partition coefficient (Wildman–Crippen LogP) is 1.22. The Balaban J connectivity index is 2.21. The number of carbonyl (C=O) groups is 1. The molecule has 0 aliphatic carbocycles. The maximum atomic E-state index is 11.7. The number of halogens is 1. The van der Waals surface area contributed by atoms with Crippen LogP contribution in [-0.4, -0.2) is 48.9 Å². The molecule has 2 N–H and O–H groups in total. The molecule has 1 aromatic carbocycles. The van der Waals surface area contributed by atoms with Crippen LogP contribution >= 0.6 is 15.9 Å². The van der Waals surface area contributed by atoms with Gasteiger partial charge in [-0.2, -0.15) is 0 Å². The Morgan fingerprint density at radius 3 is 2.56 bits per heavy atom. The van der Waals surface area contributed by atoms with Crippen molar-refractivity contribution in [1.82, 2.24) is 9.80 Å². The number of amides is 1.